The van der Waals surface area contributed by atoms with E-state index in [1.165, 1.54) is 5.56 Å². The van der Waals surface area contributed by atoms with Crippen molar-refractivity contribution in [3.05, 3.63) is 57.6 Å². The van der Waals surface area contributed by atoms with E-state index in [0.717, 1.165) is 33.6 Å². The molecule has 124 valence electrons. The Balaban J connectivity index is 2.11. The second-order valence-electron chi connectivity index (χ2n) is 5.90. The van der Waals surface area contributed by atoms with Crippen LogP contribution in [0.15, 0.2) is 40.9 Å². The van der Waals surface area contributed by atoms with Crippen molar-refractivity contribution in [2.45, 2.75) is 40.0 Å². The zero-order valence-corrected chi connectivity index (χ0v) is 15.7. The molecule has 0 amide bonds. The molecule has 0 fully saturated rings. The number of hydrogen-bond donors (Lipinski definition) is 1. The van der Waals surface area contributed by atoms with Crippen molar-refractivity contribution in [2.75, 3.05) is 7.11 Å². The lowest BCUT2D eigenvalue weighted by Gasteiger charge is -2.15. The van der Waals surface area contributed by atoms with Crippen molar-refractivity contribution in [3.8, 4) is 11.5 Å². The van der Waals surface area contributed by atoms with Crippen LogP contribution in [0.4, 0.5) is 0 Å². The lowest BCUT2D eigenvalue weighted by Crippen LogP contribution is -2.22. The van der Waals surface area contributed by atoms with E-state index in [0.29, 0.717) is 12.6 Å². The van der Waals surface area contributed by atoms with E-state index in [1.54, 1.807) is 7.11 Å². The Morgan fingerprint density at radius 2 is 1.78 bits per heavy atom. The maximum atomic E-state index is 5.94. The van der Waals surface area contributed by atoms with E-state index >= 15 is 0 Å². The van der Waals surface area contributed by atoms with Gasteiger partial charge in [-0.3, -0.25) is 0 Å². The van der Waals surface area contributed by atoms with Crippen LogP contribution in [0, 0.1) is 6.92 Å². The molecular weight excluding hydrogens is 354 g/mol. The van der Waals surface area contributed by atoms with Gasteiger partial charge in [0.2, 0.25) is 0 Å². The molecule has 0 aromatic heterocycles. The third-order valence-corrected chi connectivity index (χ3v) is 4.29. The minimum absolute atomic E-state index is 0.436. The summed E-state index contributed by atoms with van der Waals surface area (Å²) in [4.78, 5) is 0. The molecule has 1 N–H and O–H groups in total. The topological polar surface area (TPSA) is 30.5 Å². The molecule has 0 saturated carbocycles. The molecule has 0 unspecified atom stereocenters. The van der Waals surface area contributed by atoms with Crippen molar-refractivity contribution in [2.24, 2.45) is 0 Å². The van der Waals surface area contributed by atoms with Gasteiger partial charge in [-0.25, -0.2) is 0 Å². The summed E-state index contributed by atoms with van der Waals surface area (Å²) in [6.45, 7) is 7.64. The van der Waals surface area contributed by atoms with E-state index in [2.05, 4.69) is 66.3 Å². The molecule has 2 aromatic rings. The summed E-state index contributed by atoms with van der Waals surface area (Å²) in [6, 6.07) is 12.8. The average Bonchev–Trinajstić information content (AvgIpc) is 2.53. The maximum absolute atomic E-state index is 5.94. The minimum Gasteiger partial charge on any atom is -0.493 e. The molecule has 0 bridgehead atoms. The standard InChI is InChI=1S/C19H24BrNO2/c1-13(2)21-11-16-9-18(22-4)19(10-17(16)20)23-12-15-7-5-14(3)6-8-15/h5-10,13,21H,11-12H2,1-4H3. The van der Waals surface area contributed by atoms with Gasteiger partial charge < -0.3 is 14.8 Å². The van der Waals surface area contributed by atoms with E-state index < -0.39 is 0 Å². The van der Waals surface area contributed by atoms with Gasteiger partial charge in [-0.15, -0.1) is 0 Å². The highest BCUT2D eigenvalue weighted by Crippen LogP contribution is 2.34. The Morgan fingerprint density at radius 1 is 1.09 bits per heavy atom. The summed E-state index contributed by atoms with van der Waals surface area (Å²) < 4.78 is 12.4. The molecule has 2 rings (SSSR count). The van der Waals surface area contributed by atoms with Crippen LogP contribution in [-0.4, -0.2) is 13.2 Å². The van der Waals surface area contributed by atoms with Crippen LogP contribution < -0.4 is 14.8 Å². The number of nitrogens with one attached hydrogen (secondary N) is 1. The normalized spacial score (nSPS) is 10.9. The second-order valence-corrected chi connectivity index (χ2v) is 6.76. The SMILES string of the molecule is COc1cc(CNC(C)C)c(Br)cc1OCc1ccc(C)cc1. The van der Waals surface area contributed by atoms with Gasteiger partial charge in [0, 0.05) is 17.1 Å². The lowest BCUT2D eigenvalue weighted by molar-refractivity contribution is 0.284. The average molecular weight is 378 g/mol. The number of methoxy groups -OCH3 is 1. The van der Waals surface area contributed by atoms with Crippen LogP contribution in [0.5, 0.6) is 11.5 Å². The van der Waals surface area contributed by atoms with Crippen molar-refractivity contribution >= 4 is 15.9 Å². The monoisotopic (exact) mass is 377 g/mol. The first kappa shape index (κ1) is 17.8. The van der Waals surface area contributed by atoms with E-state index in [-0.39, 0.29) is 0 Å². The van der Waals surface area contributed by atoms with Gasteiger partial charge in [-0.1, -0.05) is 59.6 Å². The smallest absolute Gasteiger partial charge is 0.162 e. The van der Waals surface area contributed by atoms with E-state index in [1.807, 2.05) is 12.1 Å². The molecule has 0 aliphatic rings. The number of hydrogen-bond acceptors (Lipinski definition) is 3. The Bertz CT molecular complexity index is 639. The third-order valence-electron chi connectivity index (χ3n) is 3.55. The summed E-state index contributed by atoms with van der Waals surface area (Å²) in [5.74, 6) is 1.49. The van der Waals surface area contributed by atoms with Crippen LogP contribution in [0.2, 0.25) is 0 Å². The third kappa shape index (κ3) is 5.26. The van der Waals surface area contributed by atoms with Crippen molar-refractivity contribution < 1.29 is 9.47 Å². The molecule has 0 atom stereocenters. The highest BCUT2D eigenvalue weighted by molar-refractivity contribution is 9.10. The lowest BCUT2D eigenvalue weighted by atomic mass is 10.1. The molecule has 4 heteroatoms. The first-order chi connectivity index (χ1) is 11.0. The highest BCUT2D eigenvalue weighted by Gasteiger charge is 2.11. The molecule has 0 radical (unpaired) electrons. The van der Waals surface area contributed by atoms with Crippen LogP contribution in [-0.2, 0) is 13.2 Å². The molecule has 0 spiro atoms. The quantitative estimate of drug-likeness (QED) is 0.748. The Morgan fingerprint density at radius 3 is 2.39 bits per heavy atom. The predicted molar refractivity (Wildman–Crippen MR) is 98.2 cm³/mol. The number of halogens is 1. The molecular formula is C19H24BrNO2. The Kier molecular flexibility index (Phi) is 6.48. The summed E-state index contributed by atoms with van der Waals surface area (Å²) in [5.41, 5.74) is 3.54. The fourth-order valence-corrected chi connectivity index (χ4v) is 2.61. The molecule has 2 aromatic carbocycles. The maximum Gasteiger partial charge on any atom is 0.162 e. The minimum atomic E-state index is 0.436. The van der Waals surface area contributed by atoms with E-state index in [9.17, 15) is 0 Å². The van der Waals surface area contributed by atoms with Gasteiger partial charge in [0.25, 0.3) is 0 Å². The summed E-state index contributed by atoms with van der Waals surface area (Å²) in [7, 11) is 1.67. The summed E-state index contributed by atoms with van der Waals surface area (Å²) >= 11 is 3.62. The molecule has 0 aliphatic heterocycles. The Hall–Kier alpha value is -1.52. The fourth-order valence-electron chi connectivity index (χ4n) is 2.14. The first-order valence-corrected chi connectivity index (χ1v) is 8.57. The van der Waals surface area contributed by atoms with Crippen LogP contribution in [0.1, 0.15) is 30.5 Å². The fraction of sp³-hybridized carbons (Fsp3) is 0.368. The largest absolute Gasteiger partial charge is 0.493 e. The second kappa shape index (κ2) is 8.37. The highest BCUT2D eigenvalue weighted by atomic mass is 79.9. The molecule has 23 heavy (non-hydrogen) atoms. The van der Waals surface area contributed by atoms with Gasteiger partial charge in [0.05, 0.1) is 7.11 Å². The molecule has 3 nitrogen and oxygen atoms in total. The first-order valence-electron chi connectivity index (χ1n) is 7.77. The number of ether oxygens (including phenoxy) is 2. The molecule has 0 saturated heterocycles. The summed E-state index contributed by atoms with van der Waals surface area (Å²) in [5, 5.41) is 3.41. The van der Waals surface area contributed by atoms with Crippen LogP contribution >= 0.6 is 15.9 Å². The van der Waals surface area contributed by atoms with Gasteiger partial charge >= 0.3 is 0 Å². The Labute approximate surface area is 147 Å². The van der Waals surface area contributed by atoms with Gasteiger partial charge in [-0.05, 0) is 30.2 Å². The van der Waals surface area contributed by atoms with Crippen LogP contribution in [0.3, 0.4) is 0 Å². The number of aryl methyl sites for hydroxylation is 1. The van der Waals surface area contributed by atoms with Crippen LogP contribution in [0.25, 0.3) is 0 Å². The zero-order valence-electron chi connectivity index (χ0n) is 14.2. The number of benzene rings is 2. The van der Waals surface area contributed by atoms with Crippen molar-refractivity contribution in [3.63, 3.8) is 0 Å². The summed E-state index contributed by atoms with van der Waals surface area (Å²) in [6.07, 6.45) is 0. The van der Waals surface area contributed by atoms with Gasteiger partial charge in [-0.2, -0.15) is 0 Å². The molecule has 0 aliphatic carbocycles. The van der Waals surface area contributed by atoms with E-state index in [4.69, 9.17) is 9.47 Å². The van der Waals surface area contributed by atoms with Crippen molar-refractivity contribution in [1.29, 1.82) is 0 Å². The predicted octanol–water partition coefficient (Wildman–Crippen LogP) is 4.84. The van der Waals surface area contributed by atoms with Gasteiger partial charge in [0.15, 0.2) is 11.5 Å². The van der Waals surface area contributed by atoms with Gasteiger partial charge in [0.1, 0.15) is 6.61 Å². The number of rotatable bonds is 7. The van der Waals surface area contributed by atoms with Crippen molar-refractivity contribution in [1.82, 2.24) is 5.32 Å². The zero-order chi connectivity index (χ0) is 16.8. The molecule has 0 heterocycles.